The summed E-state index contributed by atoms with van der Waals surface area (Å²) in [6.45, 7) is 0.310. The number of benzene rings is 2. The number of carbonyl (C=O) groups excluding carboxylic acids is 2. The highest BCUT2D eigenvalue weighted by Gasteiger charge is 2.26. The van der Waals surface area contributed by atoms with Crippen molar-refractivity contribution in [1.82, 2.24) is 10.2 Å². The zero-order chi connectivity index (χ0) is 18.7. The predicted molar refractivity (Wildman–Crippen MR) is 98.7 cm³/mol. The molecule has 0 aliphatic heterocycles. The van der Waals surface area contributed by atoms with Crippen LogP contribution in [0.1, 0.15) is 40.2 Å². The fourth-order valence-corrected chi connectivity index (χ4v) is 2.71. The maximum absolute atomic E-state index is 14.0. The van der Waals surface area contributed by atoms with Gasteiger partial charge in [-0.2, -0.15) is 0 Å². The molecule has 0 radical (unpaired) electrons. The average Bonchev–Trinajstić information content (AvgIpc) is 3.45. The molecule has 2 aromatic rings. The smallest absolute Gasteiger partial charge is 0.319 e. The highest BCUT2D eigenvalue weighted by Crippen LogP contribution is 2.41. The van der Waals surface area contributed by atoms with Gasteiger partial charge < -0.3 is 15.5 Å². The predicted octanol–water partition coefficient (Wildman–Crippen LogP) is 3.73. The number of nitrogens with zero attached hydrogens (tertiary/aromatic N) is 1. The van der Waals surface area contributed by atoms with Crippen LogP contribution in [0, 0.1) is 5.82 Å². The van der Waals surface area contributed by atoms with Crippen LogP contribution in [0.2, 0.25) is 0 Å². The fourth-order valence-electron chi connectivity index (χ4n) is 2.71. The van der Waals surface area contributed by atoms with E-state index in [4.69, 9.17) is 0 Å². The van der Waals surface area contributed by atoms with Crippen LogP contribution in [0.4, 0.5) is 14.9 Å². The molecule has 1 saturated carbocycles. The molecule has 0 saturated heterocycles. The molecule has 2 N–H and O–H groups in total. The van der Waals surface area contributed by atoms with Gasteiger partial charge >= 0.3 is 6.03 Å². The molecule has 0 spiro atoms. The van der Waals surface area contributed by atoms with E-state index in [0.29, 0.717) is 23.7 Å². The quantitative estimate of drug-likeness (QED) is 0.858. The van der Waals surface area contributed by atoms with Gasteiger partial charge in [0.15, 0.2) is 0 Å². The lowest BCUT2D eigenvalue weighted by Gasteiger charge is -2.11. The van der Waals surface area contributed by atoms with Crippen molar-refractivity contribution in [3.05, 3.63) is 65.0 Å². The van der Waals surface area contributed by atoms with Crippen LogP contribution in [-0.4, -0.2) is 30.9 Å². The van der Waals surface area contributed by atoms with Crippen LogP contribution in [0.3, 0.4) is 0 Å². The summed E-state index contributed by atoms with van der Waals surface area (Å²) in [5, 5.41) is 5.35. The van der Waals surface area contributed by atoms with Crippen molar-refractivity contribution in [1.29, 1.82) is 0 Å². The minimum atomic E-state index is -0.406. The lowest BCUT2D eigenvalue weighted by atomic mass is 10.1. The van der Waals surface area contributed by atoms with Crippen molar-refractivity contribution >= 4 is 17.6 Å². The number of hydrogen-bond donors (Lipinski definition) is 2. The number of nitrogens with one attached hydrogen (secondary N) is 2. The van der Waals surface area contributed by atoms with Crippen molar-refractivity contribution < 1.29 is 14.0 Å². The Morgan fingerprint density at radius 3 is 2.38 bits per heavy atom. The van der Waals surface area contributed by atoms with Gasteiger partial charge in [-0.25, -0.2) is 9.18 Å². The van der Waals surface area contributed by atoms with E-state index in [1.807, 2.05) is 0 Å². The molecular formula is C20H22FN3O2. The summed E-state index contributed by atoms with van der Waals surface area (Å²) >= 11 is 0. The Morgan fingerprint density at radius 2 is 1.81 bits per heavy atom. The summed E-state index contributed by atoms with van der Waals surface area (Å²) in [6, 6.07) is 11.4. The monoisotopic (exact) mass is 355 g/mol. The molecule has 0 aromatic heterocycles. The summed E-state index contributed by atoms with van der Waals surface area (Å²) in [5.41, 5.74) is 2.61. The number of halogens is 1. The Kier molecular flexibility index (Phi) is 5.21. The maximum atomic E-state index is 14.0. The normalized spacial score (nSPS) is 13.2. The molecule has 0 atom stereocenters. The van der Waals surface area contributed by atoms with E-state index in [-0.39, 0.29) is 11.7 Å². The maximum Gasteiger partial charge on any atom is 0.319 e. The topological polar surface area (TPSA) is 61.4 Å². The molecule has 6 heteroatoms. The zero-order valence-corrected chi connectivity index (χ0v) is 14.9. The van der Waals surface area contributed by atoms with E-state index in [0.717, 1.165) is 24.0 Å². The molecule has 0 unspecified atom stereocenters. The molecule has 1 fully saturated rings. The molecule has 3 amide bonds. The van der Waals surface area contributed by atoms with Gasteiger partial charge in [0.2, 0.25) is 0 Å². The highest BCUT2D eigenvalue weighted by molar-refractivity contribution is 5.94. The Labute approximate surface area is 152 Å². The van der Waals surface area contributed by atoms with Crippen LogP contribution in [0.5, 0.6) is 0 Å². The summed E-state index contributed by atoms with van der Waals surface area (Å²) in [7, 11) is 3.39. The first-order chi connectivity index (χ1) is 12.4. The molecule has 5 nitrogen and oxygen atoms in total. The number of hydrogen-bond acceptors (Lipinski definition) is 2. The minimum absolute atomic E-state index is 0.0704. The Morgan fingerprint density at radius 1 is 1.12 bits per heavy atom. The van der Waals surface area contributed by atoms with Crippen molar-refractivity contribution in [2.45, 2.75) is 25.3 Å². The van der Waals surface area contributed by atoms with E-state index >= 15 is 0 Å². The Hall–Kier alpha value is -2.89. The highest BCUT2D eigenvalue weighted by atomic mass is 19.1. The molecule has 0 heterocycles. The second kappa shape index (κ2) is 7.56. The van der Waals surface area contributed by atoms with Crippen LogP contribution < -0.4 is 10.6 Å². The summed E-state index contributed by atoms with van der Waals surface area (Å²) < 4.78 is 14.0. The lowest BCUT2D eigenvalue weighted by Crippen LogP contribution is -2.28. The first-order valence-corrected chi connectivity index (χ1v) is 8.59. The third-order valence-electron chi connectivity index (χ3n) is 4.34. The third-order valence-corrected chi connectivity index (χ3v) is 4.34. The van der Waals surface area contributed by atoms with Crippen LogP contribution in [-0.2, 0) is 6.54 Å². The second-order valence-corrected chi connectivity index (χ2v) is 6.71. The van der Waals surface area contributed by atoms with Crippen LogP contribution in [0.25, 0.3) is 0 Å². The Balaban J connectivity index is 1.52. The summed E-state index contributed by atoms with van der Waals surface area (Å²) in [4.78, 5) is 25.3. The van der Waals surface area contributed by atoms with Crippen molar-refractivity contribution in [3.63, 3.8) is 0 Å². The SMILES string of the molecule is CN(C)C(=O)c1ccc(CNC(=O)Nc2ccc(C3CC3)c(F)c2)cc1. The van der Waals surface area contributed by atoms with Crippen molar-refractivity contribution in [2.75, 3.05) is 19.4 Å². The van der Waals surface area contributed by atoms with Gasteiger partial charge in [0.05, 0.1) is 0 Å². The van der Waals surface area contributed by atoms with E-state index in [1.165, 1.54) is 11.0 Å². The Bertz CT molecular complexity index is 814. The van der Waals surface area contributed by atoms with Gasteiger partial charge in [-0.3, -0.25) is 4.79 Å². The average molecular weight is 355 g/mol. The first kappa shape index (κ1) is 17.9. The van der Waals surface area contributed by atoms with E-state index in [2.05, 4.69) is 10.6 Å². The molecular weight excluding hydrogens is 333 g/mol. The first-order valence-electron chi connectivity index (χ1n) is 8.59. The molecule has 0 bridgehead atoms. The van der Waals surface area contributed by atoms with Gasteiger partial charge in [0.25, 0.3) is 5.91 Å². The molecule has 3 rings (SSSR count). The molecule has 1 aliphatic carbocycles. The van der Waals surface area contributed by atoms with Gasteiger partial charge in [-0.05, 0) is 54.2 Å². The van der Waals surface area contributed by atoms with Crippen molar-refractivity contribution in [2.24, 2.45) is 0 Å². The van der Waals surface area contributed by atoms with Crippen LogP contribution in [0.15, 0.2) is 42.5 Å². The van der Waals surface area contributed by atoms with Gasteiger partial charge in [0.1, 0.15) is 5.82 Å². The zero-order valence-electron chi connectivity index (χ0n) is 14.9. The standard InChI is InChI=1S/C20H22FN3O2/c1-24(2)19(25)15-5-3-13(4-6-15)12-22-20(26)23-16-9-10-17(14-7-8-14)18(21)11-16/h3-6,9-11,14H,7-8,12H2,1-2H3,(H2,22,23,26). The van der Waals surface area contributed by atoms with Gasteiger partial charge in [0, 0.05) is 31.9 Å². The minimum Gasteiger partial charge on any atom is -0.345 e. The molecule has 2 aromatic carbocycles. The van der Waals surface area contributed by atoms with Gasteiger partial charge in [-0.1, -0.05) is 18.2 Å². The van der Waals surface area contributed by atoms with Crippen LogP contribution >= 0.6 is 0 Å². The summed E-state index contributed by atoms with van der Waals surface area (Å²) in [5.74, 6) is -0.00871. The van der Waals surface area contributed by atoms with E-state index < -0.39 is 6.03 Å². The van der Waals surface area contributed by atoms with Gasteiger partial charge in [-0.15, -0.1) is 0 Å². The summed E-state index contributed by atoms with van der Waals surface area (Å²) in [6.07, 6.45) is 2.06. The number of carbonyl (C=O) groups is 2. The molecule has 136 valence electrons. The number of anilines is 1. The lowest BCUT2D eigenvalue weighted by molar-refractivity contribution is 0.0827. The third kappa shape index (κ3) is 4.39. The second-order valence-electron chi connectivity index (χ2n) is 6.71. The van der Waals surface area contributed by atoms with E-state index in [9.17, 15) is 14.0 Å². The number of amides is 3. The largest absolute Gasteiger partial charge is 0.345 e. The molecule has 1 aliphatic rings. The molecule has 26 heavy (non-hydrogen) atoms. The number of urea groups is 1. The number of rotatable bonds is 5. The van der Waals surface area contributed by atoms with Crippen molar-refractivity contribution in [3.8, 4) is 0 Å². The van der Waals surface area contributed by atoms with E-state index in [1.54, 1.807) is 50.5 Å². The fraction of sp³-hybridized carbons (Fsp3) is 0.300.